The molecule has 0 spiro atoms. The molecule has 8 heteroatoms. The molecule has 0 aliphatic carbocycles. The molecule has 0 aliphatic rings. The zero-order chi connectivity index (χ0) is 17.7. The lowest BCUT2D eigenvalue weighted by Crippen LogP contribution is -2.26. The molecule has 0 aromatic heterocycles. The molecule has 2 rings (SSSR count). The summed E-state index contributed by atoms with van der Waals surface area (Å²) in [6, 6.07) is 10.1. The van der Waals surface area contributed by atoms with E-state index in [1.165, 1.54) is 30.1 Å². The number of hydrogen-bond donors (Lipinski definition) is 2. The summed E-state index contributed by atoms with van der Waals surface area (Å²) in [5.41, 5.74) is 2.73. The van der Waals surface area contributed by atoms with Crippen LogP contribution in [-0.4, -0.2) is 22.5 Å². The predicted octanol–water partition coefficient (Wildman–Crippen LogP) is 4.98. The van der Waals surface area contributed by atoms with E-state index < -0.39 is 0 Å². The van der Waals surface area contributed by atoms with Gasteiger partial charge < -0.3 is 5.11 Å². The van der Waals surface area contributed by atoms with Gasteiger partial charge in [-0.3, -0.25) is 4.79 Å². The summed E-state index contributed by atoms with van der Waals surface area (Å²) in [7, 11) is 0. The first-order valence-corrected chi connectivity index (χ1v) is 8.81. The molecule has 0 aliphatic heterocycles. The van der Waals surface area contributed by atoms with Crippen molar-refractivity contribution in [3.05, 3.63) is 57.0 Å². The van der Waals surface area contributed by atoms with Gasteiger partial charge in [0.05, 0.1) is 16.5 Å². The van der Waals surface area contributed by atoms with E-state index in [2.05, 4.69) is 10.5 Å². The first-order valence-electron chi connectivity index (χ1n) is 6.80. The van der Waals surface area contributed by atoms with Crippen LogP contribution in [0, 0.1) is 0 Å². The van der Waals surface area contributed by atoms with Gasteiger partial charge in [0, 0.05) is 20.5 Å². The van der Waals surface area contributed by atoms with Gasteiger partial charge in [0.2, 0.25) is 0 Å². The number of aromatic hydroxyl groups is 1. The number of nitrogens with zero attached hydrogens (tertiary/aromatic N) is 1. The zero-order valence-electron chi connectivity index (χ0n) is 12.5. The fraction of sp³-hybridized carbons (Fsp3) is 0.125. The summed E-state index contributed by atoms with van der Waals surface area (Å²) in [6.45, 7) is 1.76. The number of phenols is 1. The Kier molecular flexibility index (Phi) is 6.80. The average Bonchev–Trinajstić information content (AvgIpc) is 2.53. The number of phenolic OH excluding ortho intramolecular Hbond substituents is 1. The molecule has 1 amide bonds. The third-order valence-corrected chi connectivity index (χ3v) is 4.80. The molecule has 0 fully saturated rings. The summed E-state index contributed by atoms with van der Waals surface area (Å²) in [4.78, 5) is 13.0. The van der Waals surface area contributed by atoms with E-state index in [9.17, 15) is 9.90 Å². The van der Waals surface area contributed by atoms with E-state index in [1.807, 2.05) is 12.1 Å². The number of hydrogen-bond acceptors (Lipinski definition) is 4. The average molecular weight is 404 g/mol. The number of halogens is 3. The predicted molar refractivity (Wildman–Crippen MR) is 101 cm³/mol. The van der Waals surface area contributed by atoms with Gasteiger partial charge in [0.25, 0.3) is 5.91 Å². The maximum atomic E-state index is 12.0. The molecule has 1 unspecified atom stereocenters. The van der Waals surface area contributed by atoms with E-state index in [0.29, 0.717) is 15.6 Å². The minimum absolute atomic E-state index is 0.113. The summed E-state index contributed by atoms with van der Waals surface area (Å²) < 4.78 is 0. The fourth-order valence-electron chi connectivity index (χ4n) is 1.71. The lowest BCUT2D eigenvalue weighted by Gasteiger charge is -2.09. The number of carbonyl (C=O) groups is 1. The van der Waals surface area contributed by atoms with Crippen molar-refractivity contribution in [1.29, 1.82) is 0 Å². The van der Waals surface area contributed by atoms with Gasteiger partial charge in [-0.15, -0.1) is 11.8 Å². The first kappa shape index (κ1) is 18.9. The highest BCUT2D eigenvalue weighted by Gasteiger charge is 2.14. The van der Waals surface area contributed by atoms with Crippen LogP contribution in [0.4, 0.5) is 0 Å². The van der Waals surface area contributed by atoms with E-state index in [4.69, 9.17) is 34.8 Å². The van der Waals surface area contributed by atoms with Crippen LogP contribution in [0.3, 0.4) is 0 Å². The van der Waals surface area contributed by atoms with Gasteiger partial charge >= 0.3 is 0 Å². The first-order chi connectivity index (χ1) is 11.4. The van der Waals surface area contributed by atoms with Gasteiger partial charge in [-0.05, 0) is 43.3 Å². The van der Waals surface area contributed by atoms with Crippen LogP contribution in [0.15, 0.2) is 46.4 Å². The molecule has 1 atom stereocenters. The monoisotopic (exact) mass is 402 g/mol. The second-order valence-electron chi connectivity index (χ2n) is 4.77. The third-order valence-electron chi connectivity index (χ3n) is 2.93. The second kappa shape index (κ2) is 8.62. The van der Waals surface area contributed by atoms with Gasteiger partial charge in [0.15, 0.2) is 0 Å². The van der Waals surface area contributed by atoms with Gasteiger partial charge in [-0.1, -0.05) is 34.8 Å². The Morgan fingerprint density at radius 3 is 2.54 bits per heavy atom. The molecular weight excluding hydrogens is 391 g/mol. The SMILES string of the molecule is CC(Sc1ccc(Cl)cc1)C(=O)NN=Cc1cc(Cl)cc(Cl)c1O. The number of amides is 1. The van der Waals surface area contributed by atoms with Crippen molar-refractivity contribution in [3.63, 3.8) is 0 Å². The normalized spacial score (nSPS) is 12.3. The highest BCUT2D eigenvalue weighted by molar-refractivity contribution is 8.00. The Hall–Kier alpha value is -1.40. The molecule has 0 saturated carbocycles. The van der Waals surface area contributed by atoms with Crippen LogP contribution in [-0.2, 0) is 4.79 Å². The Labute approximate surface area is 158 Å². The fourth-order valence-corrected chi connectivity index (χ4v) is 3.21. The summed E-state index contributed by atoms with van der Waals surface area (Å²) in [6.07, 6.45) is 1.28. The highest BCUT2D eigenvalue weighted by Crippen LogP contribution is 2.30. The van der Waals surface area contributed by atoms with Crippen molar-refractivity contribution >= 4 is 58.7 Å². The zero-order valence-corrected chi connectivity index (χ0v) is 15.5. The largest absolute Gasteiger partial charge is 0.506 e. The van der Waals surface area contributed by atoms with Crippen LogP contribution in [0.1, 0.15) is 12.5 Å². The smallest absolute Gasteiger partial charge is 0.253 e. The van der Waals surface area contributed by atoms with E-state index in [0.717, 1.165) is 4.90 Å². The second-order valence-corrected chi connectivity index (χ2v) is 7.47. The number of thioether (sulfide) groups is 1. The number of carbonyl (C=O) groups excluding carboxylic acids is 1. The topological polar surface area (TPSA) is 61.7 Å². The van der Waals surface area contributed by atoms with Crippen LogP contribution in [0.2, 0.25) is 15.1 Å². The summed E-state index contributed by atoms with van der Waals surface area (Å²) in [5.74, 6) is -0.429. The van der Waals surface area contributed by atoms with Gasteiger partial charge in [0.1, 0.15) is 5.75 Å². The maximum absolute atomic E-state index is 12.0. The van der Waals surface area contributed by atoms with Gasteiger partial charge in [-0.25, -0.2) is 5.43 Å². The molecule has 0 saturated heterocycles. The molecule has 126 valence electrons. The molecule has 0 radical (unpaired) electrons. The minimum atomic E-state index is -0.361. The van der Waals surface area contributed by atoms with Crippen molar-refractivity contribution in [3.8, 4) is 5.75 Å². The molecule has 2 N–H and O–H groups in total. The standard InChI is InChI=1S/C16H13Cl3N2O2S/c1-9(24-13-4-2-11(17)3-5-13)16(23)21-20-8-10-6-12(18)7-14(19)15(10)22/h2-9,22H,1H3,(H,21,23). The van der Waals surface area contributed by atoms with Crippen LogP contribution < -0.4 is 5.43 Å². The molecule has 0 heterocycles. The molecule has 0 bridgehead atoms. The van der Waals surface area contributed by atoms with Crippen molar-refractivity contribution in [2.24, 2.45) is 5.10 Å². The van der Waals surface area contributed by atoms with Crippen LogP contribution >= 0.6 is 46.6 Å². The Bertz CT molecular complexity index is 767. The third kappa shape index (κ3) is 5.31. The van der Waals surface area contributed by atoms with E-state index in [1.54, 1.807) is 19.1 Å². The Morgan fingerprint density at radius 1 is 1.21 bits per heavy atom. The van der Waals surface area contributed by atoms with Crippen LogP contribution in [0.25, 0.3) is 0 Å². The number of rotatable bonds is 5. The summed E-state index contributed by atoms with van der Waals surface area (Å²) in [5, 5.41) is 14.4. The molecule has 4 nitrogen and oxygen atoms in total. The molecule has 2 aromatic rings. The molecule has 2 aromatic carbocycles. The van der Waals surface area contributed by atoms with Crippen molar-refractivity contribution in [2.75, 3.05) is 0 Å². The maximum Gasteiger partial charge on any atom is 0.253 e. The quantitative estimate of drug-likeness (QED) is 0.420. The van der Waals surface area contributed by atoms with E-state index in [-0.39, 0.29) is 21.9 Å². The number of nitrogens with one attached hydrogen (secondary N) is 1. The van der Waals surface area contributed by atoms with Crippen molar-refractivity contribution < 1.29 is 9.90 Å². The minimum Gasteiger partial charge on any atom is -0.506 e. The lowest BCUT2D eigenvalue weighted by molar-refractivity contribution is -0.120. The highest BCUT2D eigenvalue weighted by atomic mass is 35.5. The summed E-state index contributed by atoms with van der Waals surface area (Å²) >= 11 is 18.9. The number of benzene rings is 2. The molecular formula is C16H13Cl3N2O2S. The van der Waals surface area contributed by atoms with Gasteiger partial charge in [-0.2, -0.15) is 5.10 Å². The van der Waals surface area contributed by atoms with Crippen molar-refractivity contribution in [2.45, 2.75) is 17.1 Å². The lowest BCUT2D eigenvalue weighted by atomic mass is 10.2. The van der Waals surface area contributed by atoms with E-state index >= 15 is 0 Å². The number of hydrazone groups is 1. The van der Waals surface area contributed by atoms with Crippen LogP contribution in [0.5, 0.6) is 5.75 Å². The Balaban J connectivity index is 1.96. The Morgan fingerprint density at radius 2 is 1.88 bits per heavy atom. The molecule has 24 heavy (non-hydrogen) atoms. The van der Waals surface area contributed by atoms with Crippen molar-refractivity contribution in [1.82, 2.24) is 5.43 Å².